The van der Waals surface area contributed by atoms with Gasteiger partial charge in [-0.25, -0.2) is 0 Å². The molecular weight excluding hydrogens is 440 g/mol. The van der Waals surface area contributed by atoms with Crippen LogP contribution in [0.3, 0.4) is 0 Å². The fraction of sp³-hybridized carbons (Fsp3) is 0.375. The Morgan fingerprint density at radius 1 is 1.22 bits per heavy atom. The third kappa shape index (κ3) is 4.77. The van der Waals surface area contributed by atoms with Gasteiger partial charge in [0.15, 0.2) is 5.11 Å². The van der Waals surface area contributed by atoms with Gasteiger partial charge in [-0.1, -0.05) is 42.4 Å². The lowest BCUT2D eigenvalue weighted by atomic mass is 9.94. The fourth-order valence-electron chi connectivity index (χ4n) is 3.83. The van der Waals surface area contributed by atoms with E-state index in [1.807, 2.05) is 24.4 Å². The molecular formula is C24H28N4O2S2. The summed E-state index contributed by atoms with van der Waals surface area (Å²) >= 11 is 7.35. The normalized spacial score (nSPS) is 16.5. The Morgan fingerprint density at radius 3 is 2.72 bits per heavy atom. The summed E-state index contributed by atoms with van der Waals surface area (Å²) in [5.41, 5.74) is 4.39. The first-order valence-corrected chi connectivity index (χ1v) is 12.2. The third-order valence-electron chi connectivity index (χ3n) is 5.59. The van der Waals surface area contributed by atoms with Crippen molar-refractivity contribution in [3.63, 3.8) is 0 Å². The van der Waals surface area contributed by atoms with Crippen LogP contribution in [0.2, 0.25) is 0 Å². The van der Waals surface area contributed by atoms with Gasteiger partial charge in [0, 0.05) is 25.5 Å². The van der Waals surface area contributed by atoms with Crippen molar-refractivity contribution in [2.24, 2.45) is 0 Å². The van der Waals surface area contributed by atoms with E-state index in [4.69, 9.17) is 26.5 Å². The summed E-state index contributed by atoms with van der Waals surface area (Å²) in [5, 5.41) is 10.5. The molecule has 0 radical (unpaired) electrons. The van der Waals surface area contributed by atoms with Gasteiger partial charge in [-0.05, 0) is 61.5 Å². The van der Waals surface area contributed by atoms with Crippen LogP contribution in [0, 0.1) is 0 Å². The van der Waals surface area contributed by atoms with Gasteiger partial charge in [0.2, 0.25) is 5.82 Å². The molecule has 0 amide bonds. The van der Waals surface area contributed by atoms with E-state index >= 15 is 0 Å². The lowest BCUT2D eigenvalue weighted by molar-refractivity contribution is 0.141. The maximum absolute atomic E-state index is 5.77. The summed E-state index contributed by atoms with van der Waals surface area (Å²) in [5.74, 6) is 1.12. The highest BCUT2D eigenvalue weighted by Crippen LogP contribution is 2.37. The number of thiophene rings is 1. The predicted octanol–water partition coefficient (Wildman–Crippen LogP) is 5.45. The van der Waals surface area contributed by atoms with Gasteiger partial charge < -0.3 is 19.5 Å². The molecule has 3 aromatic rings. The molecule has 0 fully saturated rings. The van der Waals surface area contributed by atoms with Crippen molar-refractivity contribution in [1.82, 2.24) is 20.4 Å². The molecule has 1 atom stereocenters. The zero-order valence-corrected chi connectivity index (χ0v) is 20.3. The zero-order valence-electron chi connectivity index (χ0n) is 18.6. The number of aryl methyl sites for hydroxylation is 1. The lowest BCUT2D eigenvalue weighted by Crippen LogP contribution is -2.46. The Labute approximate surface area is 198 Å². The average Bonchev–Trinajstić information content (AvgIpc) is 3.50. The summed E-state index contributed by atoms with van der Waals surface area (Å²) in [6, 6.07) is 12.4. The van der Waals surface area contributed by atoms with E-state index in [0.717, 1.165) is 41.1 Å². The smallest absolute Gasteiger partial charge is 0.258 e. The molecule has 1 aromatic carbocycles. The highest BCUT2D eigenvalue weighted by Gasteiger charge is 2.34. The monoisotopic (exact) mass is 468 g/mol. The second-order valence-corrected chi connectivity index (χ2v) is 8.91. The van der Waals surface area contributed by atoms with E-state index in [-0.39, 0.29) is 6.04 Å². The molecule has 1 N–H and O–H groups in total. The van der Waals surface area contributed by atoms with Crippen LogP contribution in [0.25, 0.3) is 16.3 Å². The number of benzene rings is 1. The van der Waals surface area contributed by atoms with Crippen molar-refractivity contribution in [1.29, 1.82) is 0 Å². The van der Waals surface area contributed by atoms with Crippen molar-refractivity contribution in [2.75, 3.05) is 19.8 Å². The van der Waals surface area contributed by atoms with Crippen LogP contribution in [0.15, 0.2) is 52.0 Å². The van der Waals surface area contributed by atoms with E-state index < -0.39 is 0 Å². The first-order chi connectivity index (χ1) is 15.6. The minimum atomic E-state index is -0.159. The lowest BCUT2D eigenvalue weighted by Gasteiger charge is -2.37. The topological polar surface area (TPSA) is 63.4 Å². The van der Waals surface area contributed by atoms with Gasteiger partial charge in [0.25, 0.3) is 5.89 Å². The Bertz CT molecular complexity index is 1070. The molecule has 0 spiro atoms. The first-order valence-electron chi connectivity index (χ1n) is 11.0. The molecule has 3 heterocycles. The van der Waals surface area contributed by atoms with Crippen molar-refractivity contribution in [3.05, 3.63) is 64.5 Å². The molecule has 0 saturated heterocycles. The first kappa shape index (κ1) is 22.6. The summed E-state index contributed by atoms with van der Waals surface area (Å²) in [6.07, 6.45) is 1.88. The van der Waals surface area contributed by atoms with Crippen molar-refractivity contribution >= 4 is 34.2 Å². The molecule has 6 nitrogen and oxygen atoms in total. The molecule has 8 heteroatoms. The van der Waals surface area contributed by atoms with Gasteiger partial charge in [0.05, 0.1) is 16.5 Å². The summed E-state index contributed by atoms with van der Waals surface area (Å²) in [6.45, 7) is 8.41. The molecule has 1 unspecified atom stereocenters. The number of allylic oxidation sites excluding steroid dienone is 1. The maximum atomic E-state index is 5.77. The van der Waals surface area contributed by atoms with Crippen LogP contribution < -0.4 is 5.32 Å². The van der Waals surface area contributed by atoms with E-state index in [2.05, 4.69) is 53.5 Å². The van der Waals surface area contributed by atoms with Crippen molar-refractivity contribution in [3.8, 4) is 10.7 Å². The number of thiocarbonyl (C=S) groups is 1. The highest BCUT2D eigenvalue weighted by atomic mass is 32.1. The zero-order chi connectivity index (χ0) is 22.5. The van der Waals surface area contributed by atoms with Crippen LogP contribution in [-0.2, 0) is 11.2 Å². The van der Waals surface area contributed by atoms with E-state index in [1.165, 1.54) is 5.56 Å². The Kier molecular flexibility index (Phi) is 7.34. The number of hydrogen-bond donors (Lipinski definition) is 1. The molecule has 1 aliphatic rings. The molecule has 1 aliphatic heterocycles. The third-order valence-corrected chi connectivity index (χ3v) is 6.79. The van der Waals surface area contributed by atoms with Gasteiger partial charge in [-0.2, -0.15) is 4.98 Å². The minimum absolute atomic E-state index is 0.159. The number of ether oxygens (including phenoxy) is 1. The summed E-state index contributed by atoms with van der Waals surface area (Å²) < 4.78 is 11.3. The largest absolute Gasteiger partial charge is 0.382 e. The second-order valence-electron chi connectivity index (χ2n) is 7.58. The van der Waals surface area contributed by atoms with Gasteiger partial charge in [-0.3, -0.25) is 0 Å². The van der Waals surface area contributed by atoms with Gasteiger partial charge in [-0.15, -0.1) is 11.3 Å². The SMILES string of the molecule is CCOCCCN1C(=S)NC(c2ccc(CC)cc2)C(c2nc(-c3cccs3)no2)=C1C. The standard InChI is InChI=1S/C24H28N4O2S2/c1-4-17-9-11-18(12-10-17)21-20(23-26-22(27-30-23)19-8-6-15-32-19)16(3)28(24(31)25-21)13-7-14-29-5-2/h6,8-12,15,21H,4-5,7,13-14H2,1-3H3,(H,25,31). The van der Waals surface area contributed by atoms with E-state index in [1.54, 1.807) is 11.3 Å². The number of aromatic nitrogens is 2. The number of rotatable bonds is 9. The Hall–Kier alpha value is -2.55. The Morgan fingerprint density at radius 2 is 2.03 bits per heavy atom. The molecule has 0 aliphatic carbocycles. The van der Waals surface area contributed by atoms with Crippen LogP contribution in [0.4, 0.5) is 0 Å². The van der Waals surface area contributed by atoms with Crippen LogP contribution in [0.1, 0.15) is 50.3 Å². The van der Waals surface area contributed by atoms with E-state index in [0.29, 0.717) is 30.0 Å². The fourth-order valence-corrected chi connectivity index (χ4v) is 4.83. The van der Waals surface area contributed by atoms with Crippen LogP contribution in [0.5, 0.6) is 0 Å². The summed E-state index contributed by atoms with van der Waals surface area (Å²) in [7, 11) is 0. The van der Waals surface area contributed by atoms with Gasteiger partial charge in [0.1, 0.15) is 0 Å². The quantitative estimate of drug-likeness (QED) is 0.331. The predicted molar refractivity (Wildman–Crippen MR) is 132 cm³/mol. The van der Waals surface area contributed by atoms with Crippen molar-refractivity contribution < 1.29 is 9.26 Å². The molecule has 0 saturated carbocycles. The Balaban J connectivity index is 1.72. The van der Waals surface area contributed by atoms with Crippen molar-refractivity contribution in [2.45, 2.75) is 39.7 Å². The highest BCUT2D eigenvalue weighted by molar-refractivity contribution is 7.80. The minimum Gasteiger partial charge on any atom is -0.382 e. The average molecular weight is 469 g/mol. The maximum Gasteiger partial charge on any atom is 0.258 e. The van der Waals surface area contributed by atoms with Gasteiger partial charge >= 0.3 is 0 Å². The molecule has 4 rings (SSSR count). The molecule has 0 bridgehead atoms. The van der Waals surface area contributed by atoms with Crippen LogP contribution >= 0.6 is 23.6 Å². The van der Waals surface area contributed by atoms with E-state index in [9.17, 15) is 0 Å². The molecule has 168 valence electrons. The molecule has 32 heavy (non-hydrogen) atoms. The molecule has 2 aromatic heterocycles. The second kappa shape index (κ2) is 10.4. The number of nitrogens with one attached hydrogen (secondary N) is 1. The number of hydrogen-bond acceptors (Lipinski definition) is 6. The summed E-state index contributed by atoms with van der Waals surface area (Å²) in [4.78, 5) is 7.83. The van der Waals surface area contributed by atoms with Crippen LogP contribution in [-0.4, -0.2) is 39.9 Å². The number of nitrogens with zero attached hydrogens (tertiary/aromatic N) is 3.